The average molecular weight is 410 g/mol. The fraction of sp³-hybridized carbons (Fsp3) is 0.167. The zero-order chi connectivity index (χ0) is 19.9. The summed E-state index contributed by atoms with van der Waals surface area (Å²) in [6.07, 6.45) is 0. The number of amides is 1. The van der Waals surface area contributed by atoms with Gasteiger partial charge >= 0.3 is 5.69 Å². The van der Waals surface area contributed by atoms with Crippen LogP contribution >= 0.6 is 23.2 Å². The number of rotatable bonds is 4. The number of halogens is 3. The largest absolute Gasteiger partial charge is 0.368 e. The van der Waals surface area contributed by atoms with E-state index in [1.807, 2.05) is 0 Å². The Morgan fingerprint density at radius 1 is 1.15 bits per heavy atom. The highest BCUT2D eigenvalue weighted by Gasteiger charge is 2.22. The van der Waals surface area contributed by atoms with Crippen LogP contribution < -0.4 is 17.0 Å². The van der Waals surface area contributed by atoms with Crippen molar-refractivity contribution < 1.29 is 9.18 Å². The maximum absolute atomic E-state index is 13.6. The summed E-state index contributed by atoms with van der Waals surface area (Å²) in [6.45, 7) is 1.09. The molecular formula is C18H14Cl2FN3O3. The molecular weight excluding hydrogens is 396 g/mol. The minimum Gasteiger partial charge on any atom is -0.368 e. The molecule has 1 atom stereocenters. The van der Waals surface area contributed by atoms with Crippen molar-refractivity contribution in [2.45, 2.75) is 19.5 Å². The Balaban J connectivity index is 2.37. The second-order valence-corrected chi connectivity index (χ2v) is 6.72. The van der Waals surface area contributed by atoms with Crippen molar-refractivity contribution in [2.75, 3.05) is 0 Å². The number of benzene rings is 2. The maximum Gasteiger partial charge on any atom is 0.332 e. The van der Waals surface area contributed by atoms with Gasteiger partial charge in [0, 0.05) is 0 Å². The molecule has 3 rings (SSSR count). The van der Waals surface area contributed by atoms with E-state index in [2.05, 4.69) is 0 Å². The second-order valence-electron chi connectivity index (χ2n) is 5.97. The molecule has 0 aliphatic rings. The molecule has 2 aromatic carbocycles. The van der Waals surface area contributed by atoms with Gasteiger partial charge in [-0.1, -0.05) is 41.4 Å². The smallest absolute Gasteiger partial charge is 0.332 e. The normalized spacial score (nSPS) is 12.3. The standard InChI is InChI=1S/C18H14Cl2FN3O3/c1-9(10-6-7-12(21)16(20)15(10)19)24-13-5-3-2-4-11(13)17(26)23(18(24)27)8-14(22)25/h2-7,9H,8H2,1H3,(H2,22,25). The van der Waals surface area contributed by atoms with Gasteiger partial charge in [0.25, 0.3) is 5.56 Å². The summed E-state index contributed by atoms with van der Waals surface area (Å²) in [5.74, 6) is -1.51. The number of nitrogens with two attached hydrogens (primary N) is 1. The molecule has 0 spiro atoms. The van der Waals surface area contributed by atoms with E-state index < -0.39 is 35.6 Å². The fourth-order valence-corrected chi connectivity index (χ4v) is 3.49. The Morgan fingerprint density at radius 2 is 1.81 bits per heavy atom. The third-order valence-corrected chi connectivity index (χ3v) is 5.17. The van der Waals surface area contributed by atoms with Gasteiger partial charge in [-0.2, -0.15) is 0 Å². The average Bonchev–Trinajstić information content (AvgIpc) is 2.63. The molecule has 9 heteroatoms. The quantitative estimate of drug-likeness (QED) is 0.671. The zero-order valence-electron chi connectivity index (χ0n) is 14.1. The lowest BCUT2D eigenvalue weighted by atomic mass is 10.1. The third kappa shape index (κ3) is 3.24. The van der Waals surface area contributed by atoms with E-state index in [1.54, 1.807) is 25.1 Å². The zero-order valence-corrected chi connectivity index (χ0v) is 15.6. The lowest BCUT2D eigenvalue weighted by Gasteiger charge is -2.21. The molecule has 0 saturated heterocycles. The van der Waals surface area contributed by atoms with Crippen molar-refractivity contribution in [3.8, 4) is 0 Å². The maximum atomic E-state index is 13.6. The van der Waals surface area contributed by atoms with Gasteiger partial charge in [-0.05, 0) is 30.7 Å². The van der Waals surface area contributed by atoms with Crippen LogP contribution in [0.25, 0.3) is 10.9 Å². The number of carbonyl (C=O) groups excluding carboxylic acids is 1. The van der Waals surface area contributed by atoms with Crippen molar-refractivity contribution in [1.82, 2.24) is 9.13 Å². The van der Waals surface area contributed by atoms with Crippen LogP contribution in [-0.4, -0.2) is 15.0 Å². The van der Waals surface area contributed by atoms with Gasteiger partial charge < -0.3 is 5.73 Å². The predicted molar refractivity (Wildman–Crippen MR) is 102 cm³/mol. The van der Waals surface area contributed by atoms with Crippen LogP contribution in [0.3, 0.4) is 0 Å². The van der Waals surface area contributed by atoms with Crippen molar-refractivity contribution in [3.63, 3.8) is 0 Å². The molecule has 3 aromatic rings. The molecule has 1 aromatic heterocycles. The molecule has 0 aliphatic carbocycles. The van der Waals surface area contributed by atoms with Crippen LogP contribution in [0.15, 0.2) is 46.0 Å². The van der Waals surface area contributed by atoms with E-state index in [-0.39, 0.29) is 15.4 Å². The van der Waals surface area contributed by atoms with Gasteiger partial charge in [-0.3, -0.25) is 18.7 Å². The Hall–Kier alpha value is -2.64. The van der Waals surface area contributed by atoms with Crippen LogP contribution in [0, 0.1) is 5.82 Å². The Bertz CT molecular complexity index is 1190. The summed E-state index contributed by atoms with van der Waals surface area (Å²) in [6, 6.07) is 8.31. The summed E-state index contributed by atoms with van der Waals surface area (Å²) in [5, 5.41) is -0.0637. The molecule has 1 heterocycles. The first kappa shape index (κ1) is 19.1. The lowest BCUT2D eigenvalue weighted by molar-refractivity contribution is -0.118. The molecule has 0 aliphatic heterocycles. The Kier molecular flexibility index (Phi) is 5.08. The summed E-state index contributed by atoms with van der Waals surface area (Å²) < 4.78 is 15.7. The van der Waals surface area contributed by atoms with Crippen LogP contribution in [0.5, 0.6) is 0 Å². The molecule has 2 N–H and O–H groups in total. The van der Waals surface area contributed by atoms with E-state index >= 15 is 0 Å². The first-order valence-corrected chi connectivity index (χ1v) is 8.65. The van der Waals surface area contributed by atoms with E-state index in [1.165, 1.54) is 16.7 Å². The highest BCUT2D eigenvalue weighted by molar-refractivity contribution is 6.42. The van der Waals surface area contributed by atoms with Gasteiger partial charge in [0.1, 0.15) is 12.4 Å². The molecule has 6 nitrogen and oxygen atoms in total. The topological polar surface area (TPSA) is 87.1 Å². The minimum absolute atomic E-state index is 0.0344. The molecule has 27 heavy (non-hydrogen) atoms. The van der Waals surface area contributed by atoms with E-state index in [9.17, 15) is 18.8 Å². The van der Waals surface area contributed by atoms with Crippen molar-refractivity contribution in [2.24, 2.45) is 5.73 Å². The fourth-order valence-electron chi connectivity index (χ4n) is 3.00. The van der Waals surface area contributed by atoms with Gasteiger partial charge in [0.2, 0.25) is 5.91 Å². The van der Waals surface area contributed by atoms with Gasteiger partial charge in [0.05, 0.1) is 27.0 Å². The predicted octanol–water partition coefficient (Wildman–Crippen LogP) is 2.70. The second kappa shape index (κ2) is 7.17. The highest BCUT2D eigenvalue weighted by Crippen LogP contribution is 2.33. The SMILES string of the molecule is CC(c1ccc(F)c(Cl)c1Cl)n1c(=O)n(CC(N)=O)c(=O)c2ccccc21. The number of hydrogen-bond acceptors (Lipinski definition) is 3. The van der Waals surface area contributed by atoms with Gasteiger partial charge in [-0.25, -0.2) is 9.18 Å². The summed E-state index contributed by atoms with van der Waals surface area (Å²) in [5.41, 5.74) is 4.55. The lowest BCUT2D eigenvalue weighted by Crippen LogP contribution is -2.43. The number of hydrogen-bond donors (Lipinski definition) is 1. The van der Waals surface area contributed by atoms with Gasteiger partial charge in [0.15, 0.2) is 0 Å². The Labute approximate surface area is 162 Å². The highest BCUT2D eigenvalue weighted by atomic mass is 35.5. The van der Waals surface area contributed by atoms with Crippen molar-refractivity contribution in [1.29, 1.82) is 0 Å². The third-order valence-electron chi connectivity index (χ3n) is 4.29. The number of fused-ring (bicyclic) bond motifs is 1. The van der Waals surface area contributed by atoms with Gasteiger partial charge in [-0.15, -0.1) is 0 Å². The first-order valence-electron chi connectivity index (χ1n) is 7.89. The van der Waals surface area contributed by atoms with Crippen LogP contribution in [-0.2, 0) is 11.3 Å². The number of para-hydroxylation sites is 1. The summed E-state index contributed by atoms with van der Waals surface area (Å²) in [7, 11) is 0. The molecule has 1 unspecified atom stereocenters. The summed E-state index contributed by atoms with van der Waals surface area (Å²) >= 11 is 12.1. The van der Waals surface area contributed by atoms with E-state index in [0.717, 1.165) is 10.6 Å². The monoisotopic (exact) mass is 409 g/mol. The van der Waals surface area contributed by atoms with Crippen molar-refractivity contribution in [3.05, 3.63) is 78.7 Å². The number of primary amides is 1. The van der Waals surface area contributed by atoms with E-state index in [0.29, 0.717) is 11.1 Å². The molecule has 1 amide bonds. The van der Waals surface area contributed by atoms with Crippen molar-refractivity contribution >= 4 is 40.0 Å². The van der Waals surface area contributed by atoms with Crippen LogP contribution in [0.4, 0.5) is 4.39 Å². The molecule has 140 valence electrons. The molecule has 0 radical (unpaired) electrons. The number of nitrogens with zero attached hydrogens (tertiary/aromatic N) is 2. The minimum atomic E-state index is -0.827. The molecule has 0 fully saturated rings. The Morgan fingerprint density at radius 3 is 2.48 bits per heavy atom. The number of carbonyl (C=O) groups is 1. The number of aromatic nitrogens is 2. The van der Waals surface area contributed by atoms with Crippen LogP contribution in [0.1, 0.15) is 18.5 Å². The summed E-state index contributed by atoms with van der Waals surface area (Å²) in [4.78, 5) is 36.9. The van der Waals surface area contributed by atoms with E-state index in [4.69, 9.17) is 28.9 Å². The molecule has 0 saturated carbocycles. The molecule has 0 bridgehead atoms. The van der Waals surface area contributed by atoms with Crippen LogP contribution in [0.2, 0.25) is 10.0 Å². The first-order chi connectivity index (χ1) is 12.7.